The van der Waals surface area contributed by atoms with Crippen molar-refractivity contribution < 1.29 is 24.3 Å². The average molecular weight is 414 g/mol. The summed E-state index contributed by atoms with van der Waals surface area (Å²) in [6.45, 7) is 0.271. The zero-order chi connectivity index (χ0) is 22.0. The highest BCUT2D eigenvalue weighted by Gasteiger charge is 2.36. The van der Waals surface area contributed by atoms with Gasteiger partial charge in [0.15, 0.2) is 0 Å². The summed E-state index contributed by atoms with van der Waals surface area (Å²) in [6, 6.07) is 13.8. The van der Waals surface area contributed by atoms with Gasteiger partial charge in [-0.25, -0.2) is 0 Å². The molecule has 0 spiro atoms. The number of nitrogens with zero attached hydrogens (tertiary/aromatic N) is 2. The number of carbonyl (C=O) groups is 4. The molecule has 0 atom stereocenters. The van der Waals surface area contributed by atoms with E-state index in [2.05, 4.69) is 10.3 Å². The van der Waals surface area contributed by atoms with Crippen LogP contribution in [0.15, 0.2) is 67.0 Å². The Bertz CT molecular complexity index is 1190. The maximum absolute atomic E-state index is 12.8. The molecule has 31 heavy (non-hydrogen) atoms. The van der Waals surface area contributed by atoms with Gasteiger partial charge in [0.05, 0.1) is 23.6 Å². The molecule has 0 bridgehead atoms. The number of pyridine rings is 1. The van der Waals surface area contributed by atoms with Crippen molar-refractivity contribution in [3.63, 3.8) is 0 Å². The van der Waals surface area contributed by atoms with Gasteiger partial charge in [-0.3, -0.25) is 24.3 Å². The van der Waals surface area contributed by atoms with Crippen LogP contribution in [0.2, 0.25) is 0 Å². The first kappa shape index (κ1) is 20.0. The second-order valence-corrected chi connectivity index (χ2v) is 6.99. The number of aromatic carboxylic acids is 1. The number of rotatable bonds is 6. The molecule has 0 fully saturated rings. The van der Waals surface area contributed by atoms with Crippen LogP contribution in [0.5, 0.6) is 0 Å². The molecule has 0 radical (unpaired) electrons. The van der Waals surface area contributed by atoms with Gasteiger partial charge in [0, 0.05) is 24.5 Å². The third-order valence-electron chi connectivity index (χ3n) is 4.94. The number of carboxylic acid groups (broad SMARTS) is 1. The Morgan fingerprint density at radius 1 is 0.903 bits per heavy atom. The molecular weight excluding hydrogens is 398 g/mol. The molecule has 1 N–H and O–H groups in total. The molecule has 0 saturated heterocycles. The highest BCUT2D eigenvalue weighted by molar-refractivity contribution is 6.22. The van der Waals surface area contributed by atoms with Gasteiger partial charge in [0.1, 0.15) is 0 Å². The van der Waals surface area contributed by atoms with Crippen molar-refractivity contribution in [1.82, 2.24) is 15.2 Å². The fourth-order valence-electron chi connectivity index (χ4n) is 3.29. The van der Waals surface area contributed by atoms with E-state index < -0.39 is 23.7 Å². The third kappa shape index (κ3) is 4.04. The molecule has 8 heteroatoms. The number of aromatic nitrogens is 1. The van der Waals surface area contributed by atoms with Crippen LogP contribution in [-0.2, 0) is 13.1 Å². The quantitative estimate of drug-likeness (QED) is 0.605. The smallest absolute Gasteiger partial charge is 0.261 e. The molecule has 0 unspecified atom stereocenters. The largest absolute Gasteiger partial charge is 0.545 e. The lowest BCUT2D eigenvalue weighted by Gasteiger charge is -2.13. The summed E-state index contributed by atoms with van der Waals surface area (Å²) >= 11 is 0. The van der Waals surface area contributed by atoms with Crippen LogP contribution in [0.1, 0.15) is 52.6 Å². The van der Waals surface area contributed by atoms with Gasteiger partial charge in [0.2, 0.25) is 0 Å². The normalized spacial score (nSPS) is 12.6. The minimum Gasteiger partial charge on any atom is -0.545 e. The lowest BCUT2D eigenvalue weighted by atomic mass is 10.1. The summed E-state index contributed by atoms with van der Waals surface area (Å²) in [6.07, 6.45) is 3.19. The predicted molar refractivity (Wildman–Crippen MR) is 107 cm³/mol. The van der Waals surface area contributed by atoms with E-state index in [1.165, 1.54) is 30.3 Å². The Morgan fingerprint density at radius 2 is 1.61 bits per heavy atom. The molecule has 1 aliphatic rings. The van der Waals surface area contributed by atoms with E-state index in [1.54, 1.807) is 36.7 Å². The van der Waals surface area contributed by atoms with Crippen molar-refractivity contribution >= 4 is 23.7 Å². The minimum atomic E-state index is -1.27. The Labute approximate surface area is 177 Å². The van der Waals surface area contributed by atoms with Gasteiger partial charge in [-0.05, 0) is 41.0 Å². The standard InChI is InChI=1S/C23H17N3O5/c27-20(25-12-14-3-5-16(6-4-14)23(30)31)17-7-8-18-19(10-17)22(29)26(21(18)28)13-15-2-1-9-24-11-15/h1-11H,12-13H2,(H,25,27)(H,30,31)/p-1. The number of hydrogen-bond acceptors (Lipinski definition) is 6. The monoisotopic (exact) mass is 414 g/mol. The van der Waals surface area contributed by atoms with Gasteiger partial charge < -0.3 is 15.2 Å². The first-order chi connectivity index (χ1) is 14.9. The van der Waals surface area contributed by atoms with E-state index in [4.69, 9.17) is 0 Å². The molecule has 3 amide bonds. The summed E-state index contributed by atoms with van der Waals surface area (Å²) < 4.78 is 0. The van der Waals surface area contributed by atoms with Crippen LogP contribution in [0.3, 0.4) is 0 Å². The number of carboxylic acids is 1. The van der Waals surface area contributed by atoms with Crippen molar-refractivity contribution in [3.05, 3.63) is 100 Å². The average Bonchev–Trinajstić information content (AvgIpc) is 3.02. The number of imide groups is 1. The third-order valence-corrected chi connectivity index (χ3v) is 4.94. The fourth-order valence-corrected chi connectivity index (χ4v) is 3.29. The lowest BCUT2D eigenvalue weighted by molar-refractivity contribution is -0.255. The van der Waals surface area contributed by atoms with Crippen LogP contribution < -0.4 is 10.4 Å². The van der Waals surface area contributed by atoms with Gasteiger partial charge >= 0.3 is 0 Å². The van der Waals surface area contributed by atoms with Crippen molar-refractivity contribution in [2.24, 2.45) is 0 Å². The van der Waals surface area contributed by atoms with Crippen molar-refractivity contribution in [3.8, 4) is 0 Å². The maximum atomic E-state index is 12.8. The van der Waals surface area contributed by atoms with Gasteiger partial charge in [-0.2, -0.15) is 0 Å². The van der Waals surface area contributed by atoms with Gasteiger partial charge in [-0.15, -0.1) is 0 Å². The van der Waals surface area contributed by atoms with Crippen molar-refractivity contribution in [2.45, 2.75) is 13.1 Å². The second kappa shape index (κ2) is 8.19. The van der Waals surface area contributed by atoms with Crippen molar-refractivity contribution in [1.29, 1.82) is 0 Å². The Hall–Kier alpha value is -4.33. The summed E-state index contributed by atoms with van der Waals surface area (Å²) in [4.78, 5) is 53.8. The molecule has 1 aromatic heterocycles. The summed E-state index contributed by atoms with van der Waals surface area (Å²) in [7, 11) is 0. The van der Waals surface area contributed by atoms with Crippen LogP contribution in [0.4, 0.5) is 0 Å². The number of hydrogen-bond donors (Lipinski definition) is 1. The number of fused-ring (bicyclic) bond motifs is 1. The number of amides is 3. The van der Waals surface area contributed by atoms with Gasteiger partial charge in [0.25, 0.3) is 17.7 Å². The van der Waals surface area contributed by atoms with E-state index >= 15 is 0 Å². The Morgan fingerprint density at radius 3 is 2.29 bits per heavy atom. The van der Waals surface area contributed by atoms with Crippen LogP contribution >= 0.6 is 0 Å². The molecule has 0 aliphatic carbocycles. The van der Waals surface area contributed by atoms with Crippen LogP contribution in [-0.4, -0.2) is 33.6 Å². The van der Waals surface area contributed by atoms with E-state index in [0.29, 0.717) is 5.56 Å². The molecule has 1 aliphatic heterocycles. The highest BCUT2D eigenvalue weighted by Crippen LogP contribution is 2.25. The molecule has 3 aromatic rings. The van der Waals surface area contributed by atoms with E-state index in [-0.39, 0.29) is 35.3 Å². The molecule has 2 heterocycles. The van der Waals surface area contributed by atoms with Crippen molar-refractivity contribution in [2.75, 3.05) is 0 Å². The summed E-state index contributed by atoms with van der Waals surface area (Å²) in [5.41, 5.74) is 2.15. The summed E-state index contributed by atoms with van der Waals surface area (Å²) in [5, 5.41) is 13.5. The molecule has 0 saturated carbocycles. The maximum Gasteiger partial charge on any atom is 0.261 e. The SMILES string of the molecule is O=C([O-])c1ccc(CNC(=O)c2ccc3c(c2)C(=O)N(Cc2cccnc2)C3=O)cc1. The highest BCUT2D eigenvalue weighted by atomic mass is 16.4. The summed E-state index contributed by atoms with van der Waals surface area (Å²) in [5.74, 6) is -2.57. The fraction of sp³-hybridized carbons (Fsp3) is 0.0870. The predicted octanol–water partition coefficient (Wildman–Crippen LogP) is 1.17. The van der Waals surface area contributed by atoms with E-state index in [0.717, 1.165) is 10.5 Å². The van der Waals surface area contributed by atoms with E-state index in [9.17, 15) is 24.3 Å². The minimum absolute atomic E-state index is 0.0488. The van der Waals surface area contributed by atoms with Gasteiger partial charge in [-0.1, -0.05) is 30.3 Å². The zero-order valence-electron chi connectivity index (χ0n) is 16.2. The first-order valence-electron chi connectivity index (χ1n) is 9.41. The Balaban J connectivity index is 1.46. The van der Waals surface area contributed by atoms with Crippen LogP contribution in [0, 0.1) is 0 Å². The second-order valence-electron chi connectivity index (χ2n) is 6.99. The number of carbonyl (C=O) groups excluding carboxylic acids is 4. The zero-order valence-corrected chi connectivity index (χ0v) is 16.2. The topological polar surface area (TPSA) is 119 Å². The van der Waals surface area contributed by atoms with E-state index in [1.807, 2.05) is 0 Å². The first-order valence-corrected chi connectivity index (χ1v) is 9.41. The molecule has 154 valence electrons. The number of nitrogens with one attached hydrogen (secondary N) is 1. The molecule has 8 nitrogen and oxygen atoms in total. The van der Waals surface area contributed by atoms with Crippen LogP contribution in [0.25, 0.3) is 0 Å². The number of benzene rings is 2. The molecule has 4 rings (SSSR count). The Kier molecular flexibility index (Phi) is 5.28. The molecule has 2 aromatic carbocycles. The molecular formula is C23H16N3O5-. The lowest BCUT2D eigenvalue weighted by Crippen LogP contribution is -2.29.